The van der Waals surface area contributed by atoms with Gasteiger partial charge in [-0.25, -0.2) is 0 Å². The summed E-state index contributed by atoms with van der Waals surface area (Å²) in [4.78, 5) is 12.9. The summed E-state index contributed by atoms with van der Waals surface area (Å²) in [5.41, 5.74) is 3.42. The van der Waals surface area contributed by atoms with E-state index in [2.05, 4.69) is 6.07 Å². The fraction of sp³-hybridized carbons (Fsp3) is 0.375. The SMILES string of the molecule is Cc1c(-c2ccccc2)oc2c(CCCCC3OCCCO3)cccc2c1=O. The van der Waals surface area contributed by atoms with Gasteiger partial charge in [0.2, 0.25) is 0 Å². The van der Waals surface area contributed by atoms with E-state index in [0.29, 0.717) is 22.3 Å². The smallest absolute Gasteiger partial charge is 0.196 e. The van der Waals surface area contributed by atoms with Gasteiger partial charge in [-0.05, 0) is 50.7 Å². The Morgan fingerprint density at radius 1 is 0.964 bits per heavy atom. The average molecular weight is 378 g/mol. The monoisotopic (exact) mass is 378 g/mol. The van der Waals surface area contributed by atoms with Crippen LogP contribution in [0.25, 0.3) is 22.3 Å². The maximum absolute atomic E-state index is 12.9. The van der Waals surface area contributed by atoms with E-state index in [1.807, 2.05) is 49.4 Å². The van der Waals surface area contributed by atoms with E-state index in [-0.39, 0.29) is 11.7 Å². The third kappa shape index (κ3) is 4.03. The molecule has 0 amide bonds. The fourth-order valence-corrected chi connectivity index (χ4v) is 3.76. The third-order valence-electron chi connectivity index (χ3n) is 5.29. The lowest BCUT2D eigenvalue weighted by Crippen LogP contribution is -2.24. The molecule has 146 valence electrons. The van der Waals surface area contributed by atoms with Crippen LogP contribution in [-0.2, 0) is 15.9 Å². The van der Waals surface area contributed by atoms with Crippen LogP contribution in [0.4, 0.5) is 0 Å². The summed E-state index contributed by atoms with van der Waals surface area (Å²) in [6.07, 6.45) is 4.71. The zero-order valence-corrected chi connectivity index (χ0v) is 16.3. The summed E-state index contributed by atoms with van der Waals surface area (Å²) in [6.45, 7) is 3.42. The molecule has 0 N–H and O–H groups in total. The molecule has 1 aliphatic heterocycles. The lowest BCUT2D eigenvalue weighted by Gasteiger charge is -2.23. The summed E-state index contributed by atoms with van der Waals surface area (Å²) in [5, 5.41) is 0.661. The van der Waals surface area contributed by atoms with Crippen molar-refractivity contribution in [3.8, 4) is 11.3 Å². The van der Waals surface area contributed by atoms with Crippen LogP contribution in [0.2, 0.25) is 0 Å². The van der Waals surface area contributed by atoms with Gasteiger partial charge in [0.25, 0.3) is 0 Å². The summed E-state index contributed by atoms with van der Waals surface area (Å²) in [7, 11) is 0. The van der Waals surface area contributed by atoms with Crippen LogP contribution in [0.5, 0.6) is 0 Å². The molecule has 4 heteroatoms. The number of hydrogen-bond acceptors (Lipinski definition) is 4. The first-order valence-electron chi connectivity index (χ1n) is 10.1. The van der Waals surface area contributed by atoms with Crippen molar-refractivity contribution < 1.29 is 13.9 Å². The van der Waals surface area contributed by atoms with Crippen molar-refractivity contribution in [2.24, 2.45) is 0 Å². The first-order valence-corrected chi connectivity index (χ1v) is 10.1. The van der Waals surface area contributed by atoms with Gasteiger partial charge in [0.1, 0.15) is 11.3 Å². The Morgan fingerprint density at radius 2 is 1.75 bits per heavy atom. The van der Waals surface area contributed by atoms with E-state index in [1.165, 1.54) is 0 Å². The molecular weight excluding hydrogens is 352 g/mol. The van der Waals surface area contributed by atoms with Crippen LogP contribution in [0.15, 0.2) is 57.7 Å². The normalized spacial score (nSPS) is 15.2. The maximum Gasteiger partial charge on any atom is 0.196 e. The quantitative estimate of drug-likeness (QED) is 0.550. The molecule has 0 unspecified atom stereocenters. The van der Waals surface area contributed by atoms with Crippen molar-refractivity contribution in [3.63, 3.8) is 0 Å². The van der Waals surface area contributed by atoms with E-state index >= 15 is 0 Å². The van der Waals surface area contributed by atoms with Gasteiger partial charge in [0.15, 0.2) is 11.7 Å². The topological polar surface area (TPSA) is 48.7 Å². The van der Waals surface area contributed by atoms with E-state index in [1.54, 1.807) is 0 Å². The van der Waals surface area contributed by atoms with Crippen molar-refractivity contribution in [1.29, 1.82) is 0 Å². The number of rotatable bonds is 6. The Morgan fingerprint density at radius 3 is 2.54 bits per heavy atom. The van der Waals surface area contributed by atoms with Crippen LogP contribution in [0.1, 0.15) is 36.8 Å². The Bertz CT molecular complexity index is 985. The van der Waals surface area contributed by atoms with Crippen LogP contribution >= 0.6 is 0 Å². The molecule has 1 saturated heterocycles. The van der Waals surface area contributed by atoms with Crippen LogP contribution in [-0.4, -0.2) is 19.5 Å². The first-order chi connectivity index (χ1) is 13.7. The molecule has 0 bridgehead atoms. The molecule has 1 aromatic heterocycles. The molecule has 28 heavy (non-hydrogen) atoms. The highest BCUT2D eigenvalue weighted by atomic mass is 16.7. The molecule has 2 heterocycles. The first kappa shape index (κ1) is 18.9. The molecular formula is C24H26O4. The molecule has 1 aliphatic rings. The molecule has 0 saturated carbocycles. The second-order valence-corrected chi connectivity index (χ2v) is 7.32. The highest BCUT2D eigenvalue weighted by molar-refractivity contribution is 5.83. The Balaban J connectivity index is 1.56. The Kier molecular flexibility index (Phi) is 5.89. The van der Waals surface area contributed by atoms with Crippen molar-refractivity contribution in [2.75, 3.05) is 13.2 Å². The largest absolute Gasteiger partial charge is 0.455 e. The standard InChI is InChI=1S/C24H26O4/c1-17-22(25)20-13-7-12-19(11-5-6-14-21-26-15-8-16-27-21)24(20)28-23(17)18-9-3-2-4-10-18/h2-4,7,9-10,12-13,21H,5-6,8,11,14-16H2,1H3. The van der Waals surface area contributed by atoms with Crippen molar-refractivity contribution in [3.05, 3.63) is 69.9 Å². The Labute approximate surface area is 165 Å². The summed E-state index contributed by atoms with van der Waals surface area (Å²) in [5.74, 6) is 0.662. The van der Waals surface area contributed by atoms with Gasteiger partial charge in [-0.15, -0.1) is 0 Å². The molecule has 0 atom stereocenters. The number of ether oxygens (including phenoxy) is 2. The number of fused-ring (bicyclic) bond motifs is 1. The molecule has 1 fully saturated rings. The van der Waals surface area contributed by atoms with Gasteiger partial charge in [-0.1, -0.05) is 42.5 Å². The predicted molar refractivity (Wildman–Crippen MR) is 111 cm³/mol. The molecule has 3 aromatic rings. The lowest BCUT2D eigenvalue weighted by atomic mass is 10.0. The van der Waals surface area contributed by atoms with E-state index in [9.17, 15) is 4.79 Å². The van der Waals surface area contributed by atoms with Gasteiger partial charge >= 0.3 is 0 Å². The summed E-state index contributed by atoms with van der Waals surface area (Å²) < 4.78 is 17.5. The molecule has 4 nitrogen and oxygen atoms in total. The van der Waals surface area contributed by atoms with E-state index < -0.39 is 0 Å². The molecule has 2 aromatic carbocycles. The molecule has 4 rings (SSSR count). The van der Waals surface area contributed by atoms with Crippen molar-refractivity contribution in [2.45, 2.75) is 45.3 Å². The van der Waals surface area contributed by atoms with Crippen LogP contribution in [0, 0.1) is 6.92 Å². The molecule has 0 aliphatic carbocycles. The van der Waals surface area contributed by atoms with E-state index in [0.717, 1.165) is 56.4 Å². The number of para-hydroxylation sites is 1. The van der Waals surface area contributed by atoms with Gasteiger partial charge in [-0.3, -0.25) is 4.79 Å². The Hall–Kier alpha value is -2.43. The minimum absolute atomic E-state index is 0.0472. The molecule has 0 radical (unpaired) electrons. The van der Waals surface area contributed by atoms with Crippen molar-refractivity contribution >= 4 is 11.0 Å². The minimum atomic E-state index is -0.0634. The highest BCUT2D eigenvalue weighted by Crippen LogP contribution is 2.28. The number of aryl methyl sites for hydroxylation is 1. The zero-order valence-electron chi connectivity index (χ0n) is 16.3. The lowest BCUT2D eigenvalue weighted by molar-refractivity contribution is -0.181. The van der Waals surface area contributed by atoms with Crippen LogP contribution < -0.4 is 5.43 Å². The van der Waals surface area contributed by atoms with Gasteiger partial charge in [0, 0.05) is 11.1 Å². The summed E-state index contributed by atoms with van der Waals surface area (Å²) in [6, 6.07) is 15.7. The second-order valence-electron chi connectivity index (χ2n) is 7.32. The predicted octanol–water partition coefficient (Wildman–Crippen LogP) is 5.24. The number of unbranched alkanes of at least 4 members (excludes halogenated alkanes) is 1. The number of benzene rings is 2. The van der Waals surface area contributed by atoms with Crippen molar-refractivity contribution in [1.82, 2.24) is 0 Å². The summed E-state index contributed by atoms with van der Waals surface area (Å²) >= 11 is 0. The highest BCUT2D eigenvalue weighted by Gasteiger charge is 2.16. The van der Waals surface area contributed by atoms with E-state index in [4.69, 9.17) is 13.9 Å². The van der Waals surface area contributed by atoms with Crippen LogP contribution in [0.3, 0.4) is 0 Å². The zero-order chi connectivity index (χ0) is 19.3. The third-order valence-corrected chi connectivity index (χ3v) is 5.29. The molecule has 0 spiro atoms. The van der Waals surface area contributed by atoms with Gasteiger partial charge in [-0.2, -0.15) is 0 Å². The maximum atomic E-state index is 12.9. The van der Waals surface area contributed by atoms with Gasteiger partial charge in [0.05, 0.1) is 18.6 Å². The second kappa shape index (κ2) is 8.72. The number of hydrogen-bond donors (Lipinski definition) is 0. The minimum Gasteiger partial charge on any atom is -0.455 e. The fourth-order valence-electron chi connectivity index (χ4n) is 3.76. The van der Waals surface area contributed by atoms with Gasteiger partial charge < -0.3 is 13.9 Å². The average Bonchev–Trinajstić information content (AvgIpc) is 2.75.